The van der Waals surface area contributed by atoms with Crippen LogP contribution < -0.4 is 14.4 Å². The Labute approximate surface area is 215 Å². The molecule has 0 radical (unpaired) electrons. The molecule has 0 spiro atoms. The average molecular weight is 518 g/mol. The number of carbonyl (C=O) groups is 2. The van der Waals surface area contributed by atoms with Gasteiger partial charge in [0.05, 0.1) is 19.1 Å². The lowest BCUT2D eigenvalue weighted by Crippen LogP contribution is -2.52. The van der Waals surface area contributed by atoms with Crippen molar-refractivity contribution in [1.82, 2.24) is 10.2 Å². The number of nitrogens with one attached hydrogen (secondary N) is 1. The lowest BCUT2D eigenvalue weighted by Gasteiger charge is -2.33. The second-order valence-electron chi connectivity index (χ2n) is 9.07. The number of methoxy groups -OCH3 is 1. The summed E-state index contributed by atoms with van der Waals surface area (Å²) in [6.45, 7) is 7.96. The number of hydrogen-bond acceptors (Lipinski definition) is 5. The first-order valence-corrected chi connectivity index (χ1v) is 14.1. The Morgan fingerprint density at radius 2 is 1.75 bits per heavy atom. The molecule has 0 aliphatic rings. The Morgan fingerprint density at radius 3 is 2.33 bits per heavy atom. The van der Waals surface area contributed by atoms with E-state index in [9.17, 15) is 18.0 Å². The zero-order valence-electron chi connectivity index (χ0n) is 22.2. The van der Waals surface area contributed by atoms with Gasteiger partial charge in [-0.2, -0.15) is 0 Å². The van der Waals surface area contributed by atoms with Gasteiger partial charge in [-0.05, 0) is 48.1 Å². The quantitative estimate of drug-likeness (QED) is 0.435. The van der Waals surface area contributed by atoms with E-state index in [1.165, 1.54) is 4.90 Å². The van der Waals surface area contributed by atoms with E-state index in [0.29, 0.717) is 24.4 Å². The van der Waals surface area contributed by atoms with Crippen molar-refractivity contribution in [2.75, 3.05) is 30.8 Å². The van der Waals surface area contributed by atoms with Crippen molar-refractivity contribution >= 4 is 27.5 Å². The highest BCUT2D eigenvalue weighted by Crippen LogP contribution is 2.29. The standard InChI is InChI=1S/C27H39N3O5S/c1-7-16-28-27(32)24(8-2)29(18-21-12-11-13-22(17-21)35-5)26(31)19-30(36(6,33)34)25-15-10-9-14-23(25)20(3)4/h9-15,17,20,24H,7-8,16,18-19H2,1-6H3,(H,28,32)/t24-/m0/s1. The minimum Gasteiger partial charge on any atom is -0.497 e. The van der Waals surface area contributed by atoms with E-state index in [0.717, 1.165) is 28.1 Å². The Balaban J connectivity index is 2.50. The first-order chi connectivity index (χ1) is 17.0. The molecule has 0 saturated heterocycles. The highest BCUT2D eigenvalue weighted by Gasteiger charge is 2.32. The number of rotatable bonds is 13. The van der Waals surface area contributed by atoms with E-state index < -0.39 is 28.5 Å². The lowest BCUT2D eigenvalue weighted by molar-refractivity contribution is -0.140. The van der Waals surface area contributed by atoms with Crippen LogP contribution in [-0.2, 0) is 26.2 Å². The third-order valence-corrected chi connectivity index (χ3v) is 7.06. The molecule has 36 heavy (non-hydrogen) atoms. The van der Waals surface area contributed by atoms with Gasteiger partial charge in [0, 0.05) is 13.1 Å². The van der Waals surface area contributed by atoms with E-state index >= 15 is 0 Å². The molecule has 198 valence electrons. The topological polar surface area (TPSA) is 96.0 Å². The number of amides is 2. The first kappa shape index (κ1) is 29.2. The Bertz CT molecular complexity index is 1130. The summed E-state index contributed by atoms with van der Waals surface area (Å²) in [4.78, 5) is 28.3. The molecular weight excluding hydrogens is 478 g/mol. The molecule has 9 heteroatoms. The Hall–Kier alpha value is -3.07. The molecule has 0 heterocycles. The van der Waals surface area contributed by atoms with Crippen LogP contribution in [0.5, 0.6) is 5.75 Å². The van der Waals surface area contributed by atoms with Crippen molar-refractivity contribution in [1.29, 1.82) is 0 Å². The smallest absolute Gasteiger partial charge is 0.244 e. The number of ether oxygens (including phenoxy) is 1. The van der Waals surface area contributed by atoms with E-state index in [1.807, 2.05) is 52.0 Å². The van der Waals surface area contributed by atoms with Crippen molar-refractivity contribution in [3.8, 4) is 5.75 Å². The molecule has 0 aliphatic carbocycles. The van der Waals surface area contributed by atoms with Crippen LogP contribution in [0.4, 0.5) is 5.69 Å². The van der Waals surface area contributed by atoms with Crippen molar-refractivity contribution in [3.05, 3.63) is 59.7 Å². The SMILES string of the molecule is CCCNC(=O)[C@H](CC)N(Cc1cccc(OC)c1)C(=O)CN(c1ccccc1C(C)C)S(C)(=O)=O. The van der Waals surface area contributed by atoms with Crippen molar-refractivity contribution < 1.29 is 22.7 Å². The molecule has 1 atom stereocenters. The minimum atomic E-state index is -3.79. The van der Waals surface area contributed by atoms with Gasteiger partial charge in [-0.15, -0.1) is 0 Å². The van der Waals surface area contributed by atoms with Gasteiger partial charge < -0.3 is 15.0 Å². The molecule has 2 aromatic carbocycles. The molecule has 2 aromatic rings. The van der Waals surface area contributed by atoms with Gasteiger partial charge in [0.1, 0.15) is 18.3 Å². The summed E-state index contributed by atoms with van der Waals surface area (Å²) in [6.07, 6.45) is 2.24. The summed E-state index contributed by atoms with van der Waals surface area (Å²) >= 11 is 0. The number of carbonyl (C=O) groups excluding carboxylic acids is 2. The maximum atomic E-state index is 13.8. The lowest BCUT2D eigenvalue weighted by atomic mass is 10.0. The zero-order chi connectivity index (χ0) is 26.9. The molecule has 1 N–H and O–H groups in total. The first-order valence-electron chi connectivity index (χ1n) is 12.3. The molecule has 0 fully saturated rings. The molecule has 2 amide bonds. The monoisotopic (exact) mass is 517 g/mol. The normalized spacial score (nSPS) is 12.2. The predicted molar refractivity (Wildman–Crippen MR) is 144 cm³/mol. The van der Waals surface area contributed by atoms with Crippen LogP contribution in [-0.4, -0.2) is 57.6 Å². The maximum Gasteiger partial charge on any atom is 0.244 e. The molecule has 8 nitrogen and oxygen atoms in total. The number of sulfonamides is 1. The number of hydrogen-bond donors (Lipinski definition) is 1. The van der Waals surface area contributed by atoms with Crippen LogP contribution in [0.2, 0.25) is 0 Å². The van der Waals surface area contributed by atoms with Gasteiger partial charge in [0.15, 0.2) is 0 Å². The largest absolute Gasteiger partial charge is 0.497 e. The van der Waals surface area contributed by atoms with Crippen LogP contribution in [0.25, 0.3) is 0 Å². The van der Waals surface area contributed by atoms with Gasteiger partial charge in [-0.25, -0.2) is 8.42 Å². The van der Waals surface area contributed by atoms with E-state index in [1.54, 1.807) is 31.4 Å². The number of anilines is 1. The van der Waals surface area contributed by atoms with E-state index in [2.05, 4.69) is 5.32 Å². The number of benzene rings is 2. The van der Waals surface area contributed by atoms with Crippen LogP contribution in [0.15, 0.2) is 48.5 Å². The Morgan fingerprint density at radius 1 is 1.06 bits per heavy atom. The summed E-state index contributed by atoms with van der Waals surface area (Å²) < 4.78 is 32.2. The van der Waals surface area contributed by atoms with Crippen LogP contribution in [0.1, 0.15) is 57.6 Å². The Kier molecular flexibility index (Phi) is 10.8. The van der Waals surface area contributed by atoms with Gasteiger partial charge in [-0.1, -0.05) is 58.0 Å². The maximum absolute atomic E-state index is 13.8. The third-order valence-electron chi connectivity index (χ3n) is 5.93. The highest BCUT2D eigenvalue weighted by molar-refractivity contribution is 7.92. The van der Waals surface area contributed by atoms with Crippen molar-refractivity contribution in [2.45, 2.75) is 59.0 Å². The number of nitrogens with zero attached hydrogens (tertiary/aromatic N) is 2. The van der Waals surface area contributed by atoms with Crippen molar-refractivity contribution in [2.24, 2.45) is 0 Å². The fraction of sp³-hybridized carbons (Fsp3) is 0.481. The van der Waals surface area contributed by atoms with Gasteiger partial charge in [0.2, 0.25) is 21.8 Å². The van der Waals surface area contributed by atoms with E-state index in [4.69, 9.17) is 4.74 Å². The fourth-order valence-electron chi connectivity index (χ4n) is 4.05. The second kappa shape index (κ2) is 13.3. The van der Waals surface area contributed by atoms with Crippen LogP contribution >= 0.6 is 0 Å². The molecule has 0 aromatic heterocycles. The van der Waals surface area contributed by atoms with Crippen LogP contribution in [0, 0.1) is 0 Å². The van der Waals surface area contributed by atoms with E-state index in [-0.39, 0.29) is 18.4 Å². The zero-order valence-corrected chi connectivity index (χ0v) is 23.0. The van der Waals surface area contributed by atoms with Gasteiger partial charge in [0.25, 0.3) is 0 Å². The molecule has 0 unspecified atom stereocenters. The number of para-hydroxylation sites is 1. The summed E-state index contributed by atoms with van der Waals surface area (Å²) in [7, 11) is -2.23. The average Bonchev–Trinajstić information content (AvgIpc) is 2.85. The third kappa shape index (κ3) is 7.71. The molecular formula is C27H39N3O5S. The second-order valence-corrected chi connectivity index (χ2v) is 11.0. The van der Waals surface area contributed by atoms with Gasteiger partial charge >= 0.3 is 0 Å². The molecule has 2 rings (SSSR count). The summed E-state index contributed by atoms with van der Waals surface area (Å²) in [5.41, 5.74) is 2.06. The highest BCUT2D eigenvalue weighted by atomic mass is 32.2. The minimum absolute atomic E-state index is 0.0525. The molecule has 0 saturated carbocycles. The molecule has 0 bridgehead atoms. The van der Waals surface area contributed by atoms with Crippen molar-refractivity contribution in [3.63, 3.8) is 0 Å². The summed E-state index contributed by atoms with van der Waals surface area (Å²) in [5, 5.41) is 2.88. The van der Waals surface area contributed by atoms with Crippen LogP contribution in [0.3, 0.4) is 0 Å². The molecule has 0 aliphatic heterocycles. The van der Waals surface area contributed by atoms with Gasteiger partial charge in [-0.3, -0.25) is 13.9 Å². The predicted octanol–water partition coefficient (Wildman–Crippen LogP) is 3.92. The summed E-state index contributed by atoms with van der Waals surface area (Å²) in [5.74, 6) is -0.0342. The summed E-state index contributed by atoms with van der Waals surface area (Å²) in [6, 6.07) is 13.7. The fourth-order valence-corrected chi connectivity index (χ4v) is 4.92.